The number of hydrogen-bond donors (Lipinski definition) is 9. The Morgan fingerprint density at radius 3 is 1.91 bits per heavy atom. The first kappa shape index (κ1) is 54.6. The average molecular weight is 1140 g/mol. The van der Waals surface area contributed by atoms with Crippen molar-refractivity contribution in [3.8, 4) is 0 Å². The molecule has 7 unspecified atom stereocenters. The number of aromatic nitrogens is 12. The van der Waals surface area contributed by atoms with E-state index in [-0.39, 0.29) is 51.2 Å². The molecule has 43 heteroatoms. The number of aromatic amines is 2. The van der Waals surface area contributed by atoms with E-state index in [0.717, 1.165) is 39.8 Å². The van der Waals surface area contributed by atoms with E-state index in [0.29, 0.717) is 0 Å². The topological polar surface area (TPSA) is 574 Å². The van der Waals surface area contributed by atoms with Gasteiger partial charge in [-0.3, -0.25) is 51.5 Å². The predicted octanol–water partition coefficient (Wildman–Crippen LogP) is -7.24. The van der Waals surface area contributed by atoms with Gasteiger partial charge in [-0.2, -0.15) is 4.98 Å². The van der Waals surface area contributed by atoms with E-state index < -0.39 is 136 Å². The third-order valence-electron chi connectivity index (χ3n) is 11.5. The zero-order valence-electron chi connectivity index (χ0n) is 37.8. The highest BCUT2D eigenvalue weighted by Crippen LogP contribution is 2.63. The predicted molar refractivity (Wildman–Crippen MR) is 230 cm³/mol. The number of methoxy groups -OCH3 is 1. The number of aliphatic hydroxyl groups is 4. The standard InChI is InChI=1S/C32H43N15O24P4/c1-44-9-47(25-15(44)27(53)43-32(35)41-25)29-19(51)17(49)11(67-29)4-64-73(56,57)70-75(60,61)71-74(58,59)65-5-12-20(21(62-2)30(68-12)45-7-38-13-22(33)36-6-37-23(13)45)69-72(54,55)63-3-10-16(48)18(50)28(66-10)46-8-39-14-24(46)40-31(34)42-26(14)52/h6-12,16-21,28-30,48-51H,3-5H2,1-2H3,(H11-,33,34,35,36,37,40,41,42,43,52,53,54,55,56,57,58,59,60,61)/p-3/t10-,11+,12-,16+,17?,18?,19-,20+,21?,28-,29+,30-/m1/s1. The fourth-order valence-electron chi connectivity index (χ4n) is 8.26. The smallest absolute Gasteiger partial charge is 0.313 e. The highest BCUT2D eigenvalue weighted by molar-refractivity contribution is 7.65. The van der Waals surface area contributed by atoms with Gasteiger partial charge < -0.3 is 94.2 Å². The second-order valence-corrected chi connectivity index (χ2v) is 22.3. The highest BCUT2D eigenvalue weighted by atomic mass is 31.3. The monoisotopic (exact) mass is 1140 g/mol. The molecule has 12 N–H and O–H groups in total. The lowest BCUT2D eigenvalue weighted by atomic mass is 10.1. The molecule has 3 aliphatic heterocycles. The van der Waals surface area contributed by atoms with Gasteiger partial charge in [-0.25, -0.2) is 33.1 Å². The molecule has 6 aromatic heterocycles. The van der Waals surface area contributed by atoms with Gasteiger partial charge in [-0.15, -0.1) is 0 Å². The quantitative estimate of drug-likeness (QED) is 0.0269. The van der Waals surface area contributed by atoms with E-state index in [1.54, 1.807) is 0 Å². The molecular formula is C32H40N15O24P4-3. The minimum Gasteiger partial charge on any atom is -0.756 e. The van der Waals surface area contributed by atoms with Crippen LogP contribution in [0.2, 0.25) is 0 Å². The number of aliphatic hydroxyl groups excluding tert-OH is 4. The maximum Gasteiger partial charge on any atom is 0.313 e. The van der Waals surface area contributed by atoms with E-state index in [9.17, 15) is 67.8 Å². The summed E-state index contributed by atoms with van der Waals surface area (Å²) in [6.45, 7) is -3.73. The number of ether oxygens (including phenoxy) is 4. The minimum atomic E-state index is -6.59. The average Bonchev–Trinajstić information content (AvgIpc) is 4.17. The molecule has 3 fully saturated rings. The molecule has 16 atom stereocenters. The first-order chi connectivity index (χ1) is 35.2. The van der Waals surface area contributed by atoms with E-state index in [1.807, 2.05) is 0 Å². The van der Waals surface area contributed by atoms with Crippen molar-refractivity contribution in [3.05, 3.63) is 46.0 Å². The van der Waals surface area contributed by atoms with Gasteiger partial charge >= 0.3 is 5.65 Å². The van der Waals surface area contributed by atoms with Gasteiger partial charge in [0.25, 0.3) is 48.4 Å². The van der Waals surface area contributed by atoms with Crippen LogP contribution in [0.3, 0.4) is 0 Å². The maximum absolute atomic E-state index is 13.5. The molecule has 75 heavy (non-hydrogen) atoms. The summed E-state index contributed by atoms with van der Waals surface area (Å²) in [4.78, 5) is 105. The van der Waals surface area contributed by atoms with Gasteiger partial charge in [0.2, 0.25) is 17.7 Å². The fourth-order valence-corrected chi connectivity index (χ4v) is 12.6. The number of H-pyrrole nitrogens is 2. The first-order valence-corrected chi connectivity index (χ1v) is 26.9. The molecule has 0 amide bonds. The van der Waals surface area contributed by atoms with E-state index in [4.69, 9.17) is 45.2 Å². The Bertz CT molecular complexity index is 3470. The Hall–Kier alpha value is -5.15. The number of nitrogen functional groups attached to an aromatic ring is 3. The van der Waals surface area contributed by atoms with E-state index in [2.05, 4.69) is 57.5 Å². The summed E-state index contributed by atoms with van der Waals surface area (Å²) in [5, 5.41) is 43.0. The molecule has 0 radical (unpaired) electrons. The van der Waals surface area contributed by atoms with Crippen LogP contribution in [-0.4, -0.2) is 156 Å². The molecule has 3 saturated heterocycles. The third kappa shape index (κ3) is 10.9. The Labute approximate surface area is 414 Å². The number of nitrogens with zero attached hydrogens (tertiary/aromatic N) is 10. The molecule has 9 heterocycles. The summed E-state index contributed by atoms with van der Waals surface area (Å²) < 4.78 is 106. The number of nitrogens with one attached hydrogen (secondary N) is 2. The largest absolute Gasteiger partial charge is 0.756 e. The van der Waals surface area contributed by atoms with Crippen LogP contribution in [-0.2, 0) is 71.0 Å². The van der Waals surface area contributed by atoms with Crippen molar-refractivity contribution in [1.82, 2.24) is 53.6 Å². The molecule has 0 spiro atoms. The number of phosphoric acid groups is 4. The van der Waals surface area contributed by atoms with Crippen molar-refractivity contribution in [1.29, 1.82) is 0 Å². The summed E-state index contributed by atoms with van der Waals surface area (Å²) in [7, 11) is -22.4. The Morgan fingerprint density at radius 2 is 1.24 bits per heavy atom. The number of aryl methyl sites for hydroxylation is 1. The summed E-state index contributed by atoms with van der Waals surface area (Å²) in [5.41, 5.74) is 15.1. The Kier molecular flexibility index (Phi) is 14.8. The van der Waals surface area contributed by atoms with Crippen molar-refractivity contribution < 1.29 is 108 Å². The number of fused-ring (bicyclic) bond motifs is 3. The number of anilines is 3. The fraction of sp³-hybridized carbons (Fsp3) is 0.531. The van der Waals surface area contributed by atoms with Gasteiger partial charge in [0, 0.05) is 7.11 Å². The van der Waals surface area contributed by atoms with Crippen LogP contribution in [0.25, 0.3) is 33.5 Å². The van der Waals surface area contributed by atoms with Gasteiger partial charge in [0.15, 0.2) is 41.4 Å². The summed E-state index contributed by atoms with van der Waals surface area (Å²) in [6, 6.07) is 0. The molecule has 9 rings (SSSR count). The number of nitrogens with two attached hydrogens (primary N) is 3. The van der Waals surface area contributed by atoms with Gasteiger partial charge in [-0.1, -0.05) is 4.98 Å². The molecule has 39 nitrogen and oxygen atoms in total. The molecule has 6 aromatic rings. The number of rotatable bonds is 19. The maximum atomic E-state index is 13.5. The lowest BCUT2D eigenvalue weighted by Gasteiger charge is -2.35. The van der Waals surface area contributed by atoms with Crippen molar-refractivity contribution in [3.63, 3.8) is 0 Å². The first-order valence-electron chi connectivity index (χ1n) is 21.1. The normalized spacial score (nSPS) is 30.5. The summed E-state index contributed by atoms with van der Waals surface area (Å²) in [6.07, 6.45) is -16.7. The van der Waals surface area contributed by atoms with Crippen LogP contribution in [0.5, 0.6) is 0 Å². The zero-order chi connectivity index (χ0) is 54.3. The molecule has 3 aliphatic rings. The highest BCUT2D eigenvalue weighted by Gasteiger charge is 2.51. The minimum absolute atomic E-state index is 0.00984. The Morgan fingerprint density at radius 1 is 0.680 bits per heavy atom. The van der Waals surface area contributed by atoms with Crippen LogP contribution < -0.4 is 52.5 Å². The SMILES string of the molecule is COC1[C@@H](OP(=O)([O-])OC[C@H]2O[C@@H](n3cnc4c(=O)[nH]c(N)nc43)C(O)[C@H]2O)[C@@H](COP(=O)([O-])OP(=O)([O-])OP(=O)([O-])OC[C@@H]2O[C@H]([n+]3cn(C)c4c(=O)[nH]c(N)nc43)[C@H](O)C2O)O[C@H]1n1cnc2c(N)ncnc21. The number of phosphoric ester groups is 3. The molecule has 410 valence electrons. The van der Waals surface area contributed by atoms with Crippen LogP contribution >= 0.6 is 31.3 Å². The lowest BCUT2D eigenvalue weighted by molar-refractivity contribution is -0.745. The second kappa shape index (κ2) is 20.3. The van der Waals surface area contributed by atoms with E-state index in [1.165, 1.54) is 17.9 Å². The summed E-state index contributed by atoms with van der Waals surface area (Å²) >= 11 is 0. The van der Waals surface area contributed by atoms with Crippen LogP contribution in [0.1, 0.15) is 18.7 Å². The van der Waals surface area contributed by atoms with E-state index >= 15 is 0 Å². The van der Waals surface area contributed by atoms with Gasteiger partial charge in [-0.05, 0) is 0 Å². The second-order valence-electron chi connectivity index (χ2n) is 16.4. The van der Waals surface area contributed by atoms with Crippen molar-refractivity contribution in [2.75, 3.05) is 44.1 Å². The summed E-state index contributed by atoms with van der Waals surface area (Å²) in [5.74, 6) is -0.782. The molecule has 0 aliphatic carbocycles. The van der Waals surface area contributed by atoms with Crippen molar-refractivity contribution >= 4 is 82.5 Å². The third-order valence-corrected chi connectivity index (χ3v) is 16.6. The van der Waals surface area contributed by atoms with Gasteiger partial charge in [0.05, 0.1) is 39.5 Å². The molecular weight excluding hydrogens is 1100 g/mol. The lowest BCUT2D eigenvalue weighted by Crippen LogP contribution is -2.46. The van der Waals surface area contributed by atoms with Crippen LogP contribution in [0, 0.1) is 0 Å². The molecule has 0 bridgehead atoms. The van der Waals surface area contributed by atoms with Crippen molar-refractivity contribution in [2.45, 2.75) is 73.6 Å². The molecule has 0 aromatic carbocycles. The Balaban J connectivity index is 0.862. The molecule has 0 saturated carbocycles. The zero-order valence-corrected chi connectivity index (χ0v) is 41.4. The number of hydrogen-bond acceptors (Lipinski definition) is 33. The van der Waals surface area contributed by atoms with Gasteiger partial charge in [0.1, 0.15) is 66.8 Å². The number of imidazole rings is 3. The van der Waals surface area contributed by atoms with Crippen LogP contribution in [0.4, 0.5) is 17.7 Å². The van der Waals surface area contributed by atoms with Crippen molar-refractivity contribution in [2.24, 2.45) is 7.05 Å². The van der Waals surface area contributed by atoms with Crippen LogP contribution in [0.15, 0.2) is 34.9 Å².